The number of amides is 2. The number of primary amides is 1. The third-order valence-electron chi connectivity index (χ3n) is 5.50. The molecule has 8 heteroatoms. The summed E-state index contributed by atoms with van der Waals surface area (Å²) in [6.45, 7) is 6.89. The van der Waals surface area contributed by atoms with Gasteiger partial charge in [0, 0.05) is 31.0 Å². The molecule has 1 heterocycles. The van der Waals surface area contributed by atoms with Gasteiger partial charge < -0.3 is 30.5 Å². The molecule has 4 N–H and O–H groups in total. The van der Waals surface area contributed by atoms with Crippen molar-refractivity contribution in [2.45, 2.75) is 45.6 Å². The van der Waals surface area contributed by atoms with E-state index in [2.05, 4.69) is 10.2 Å². The predicted octanol–water partition coefficient (Wildman–Crippen LogP) is 1.47. The maximum absolute atomic E-state index is 12.8. The first-order valence-electron chi connectivity index (χ1n) is 10.6. The number of benzene rings is 1. The molecule has 8 nitrogen and oxygen atoms in total. The van der Waals surface area contributed by atoms with E-state index in [1.807, 2.05) is 13.8 Å². The number of carbonyl (C=O) groups excluding carboxylic acids is 2. The smallest absolute Gasteiger partial charge is 0.255 e. The van der Waals surface area contributed by atoms with E-state index >= 15 is 0 Å². The predicted molar refractivity (Wildman–Crippen MR) is 115 cm³/mol. The average molecular weight is 422 g/mol. The molecule has 0 saturated carbocycles. The number of ether oxygens (including phenoxy) is 2. The molecule has 1 aliphatic rings. The average Bonchev–Trinajstić information content (AvgIpc) is 2.71. The molecule has 30 heavy (non-hydrogen) atoms. The minimum atomic E-state index is -0.527. The topological polar surface area (TPSA) is 114 Å². The van der Waals surface area contributed by atoms with E-state index < -0.39 is 6.10 Å². The molecule has 1 aliphatic heterocycles. The molecule has 0 aliphatic carbocycles. The van der Waals surface area contributed by atoms with E-state index in [4.69, 9.17) is 15.2 Å². The number of piperidine rings is 1. The zero-order chi connectivity index (χ0) is 22.1. The summed E-state index contributed by atoms with van der Waals surface area (Å²) >= 11 is 0. The highest BCUT2D eigenvalue weighted by Gasteiger charge is 2.28. The Hall–Kier alpha value is -2.32. The molecule has 2 atom stereocenters. The lowest BCUT2D eigenvalue weighted by atomic mass is 9.93. The summed E-state index contributed by atoms with van der Waals surface area (Å²) in [5.41, 5.74) is 6.44. The summed E-state index contributed by atoms with van der Waals surface area (Å²) in [5, 5.41) is 13.4. The number of β-amino-alcohol motifs (C(OH)–C–C–N with tert-alkyl or cyclic N) is 1. The van der Waals surface area contributed by atoms with Crippen molar-refractivity contribution in [3.8, 4) is 11.5 Å². The van der Waals surface area contributed by atoms with Crippen molar-refractivity contribution in [2.75, 3.05) is 39.9 Å². The number of likely N-dealkylation sites (tertiary alicyclic amines) is 1. The van der Waals surface area contributed by atoms with Crippen LogP contribution in [-0.4, -0.2) is 67.8 Å². The lowest BCUT2D eigenvalue weighted by molar-refractivity contribution is -0.118. The highest BCUT2D eigenvalue weighted by atomic mass is 16.5. The van der Waals surface area contributed by atoms with Crippen LogP contribution in [0.4, 0.5) is 0 Å². The third-order valence-corrected chi connectivity index (χ3v) is 5.50. The lowest BCUT2D eigenvalue weighted by Crippen LogP contribution is -2.47. The standard InChI is InChI=1S/C22H35N3O5/c1-4-12-30-21-15(2)19(29-3)8-7-17(21)22(28)24-13-16-9-11-25(14-18(16)26)10-5-6-20(23)27/h7-8,16,18,26H,4-6,9-14H2,1-3H3,(H2,23,27)(H,24,28)/t16-,18+/m0/s1. The summed E-state index contributed by atoms with van der Waals surface area (Å²) in [7, 11) is 1.59. The van der Waals surface area contributed by atoms with E-state index in [0.717, 1.165) is 31.5 Å². The SMILES string of the molecule is CCCOc1c(C(=O)NC[C@@H]2CCN(CCCC(N)=O)C[C@H]2O)ccc(OC)c1C. The van der Waals surface area contributed by atoms with Crippen molar-refractivity contribution in [1.29, 1.82) is 0 Å². The Kier molecular flexibility index (Phi) is 9.39. The number of aliphatic hydroxyl groups excluding tert-OH is 1. The fourth-order valence-corrected chi connectivity index (χ4v) is 3.75. The van der Waals surface area contributed by atoms with Crippen LogP contribution in [-0.2, 0) is 4.79 Å². The molecule has 2 amide bonds. The molecule has 1 aromatic carbocycles. The molecule has 1 fully saturated rings. The second-order valence-electron chi connectivity index (χ2n) is 7.81. The molecule has 1 aromatic rings. The van der Waals surface area contributed by atoms with Crippen LogP contribution in [0.2, 0.25) is 0 Å². The van der Waals surface area contributed by atoms with Crippen LogP contribution in [0.3, 0.4) is 0 Å². The number of nitrogens with two attached hydrogens (primary N) is 1. The summed E-state index contributed by atoms with van der Waals surface area (Å²) in [5.74, 6) is 0.683. The fraction of sp³-hybridized carbons (Fsp3) is 0.636. The van der Waals surface area contributed by atoms with Crippen LogP contribution in [0, 0.1) is 12.8 Å². The molecule has 1 saturated heterocycles. The zero-order valence-electron chi connectivity index (χ0n) is 18.3. The first-order valence-corrected chi connectivity index (χ1v) is 10.6. The minimum Gasteiger partial charge on any atom is -0.496 e. The second-order valence-corrected chi connectivity index (χ2v) is 7.81. The largest absolute Gasteiger partial charge is 0.496 e. The van der Waals surface area contributed by atoms with E-state index in [-0.39, 0.29) is 17.7 Å². The highest BCUT2D eigenvalue weighted by molar-refractivity contribution is 5.97. The summed E-state index contributed by atoms with van der Waals surface area (Å²) in [4.78, 5) is 25.8. The Labute approximate surface area is 178 Å². The van der Waals surface area contributed by atoms with Gasteiger partial charge in [-0.25, -0.2) is 0 Å². The van der Waals surface area contributed by atoms with Gasteiger partial charge in [0.2, 0.25) is 5.91 Å². The van der Waals surface area contributed by atoms with Crippen molar-refractivity contribution >= 4 is 11.8 Å². The Morgan fingerprint density at radius 3 is 2.77 bits per heavy atom. The van der Waals surface area contributed by atoms with Crippen LogP contribution in [0.1, 0.15) is 48.5 Å². The molecule has 0 bridgehead atoms. The quantitative estimate of drug-likeness (QED) is 0.499. The number of carbonyl (C=O) groups is 2. The number of rotatable bonds is 11. The normalized spacial score (nSPS) is 19.3. The van der Waals surface area contributed by atoms with Gasteiger partial charge in [0.15, 0.2) is 0 Å². The molecule has 0 spiro atoms. The summed E-state index contributed by atoms with van der Waals surface area (Å²) < 4.78 is 11.2. The van der Waals surface area contributed by atoms with Gasteiger partial charge >= 0.3 is 0 Å². The van der Waals surface area contributed by atoms with Crippen LogP contribution in [0.15, 0.2) is 12.1 Å². The molecule has 0 radical (unpaired) electrons. The molecule has 0 aromatic heterocycles. The van der Waals surface area contributed by atoms with Gasteiger partial charge in [-0.05, 0) is 51.4 Å². The van der Waals surface area contributed by atoms with Gasteiger partial charge in [-0.2, -0.15) is 0 Å². The van der Waals surface area contributed by atoms with Crippen molar-refractivity contribution in [2.24, 2.45) is 11.7 Å². The van der Waals surface area contributed by atoms with Crippen molar-refractivity contribution in [3.05, 3.63) is 23.3 Å². The van der Waals surface area contributed by atoms with E-state index in [9.17, 15) is 14.7 Å². The van der Waals surface area contributed by atoms with Gasteiger partial charge in [0.25, 0.3) is 5.91 Å². The molecule has 168 valence electrons. The zero-order valence-corrected chi connectivity index (χ0v) is 18.3. The Morgan fingerprint density at radius 2 is 2.13 bits per heavy atom. The lowest BCUT2D eigenvalue weighted by Gasteiger charge is -2.36. The molecular weight excluding hydrogens is 386 g/mol. The Morgan fingerprint density at radius 1 is 1.37 bits per heavy atom. The van der Waals surface area contributed by atoms with Gasteiger partial charge in [0.05, 0.1) is 25.4 Å². The second kappa shape index (κ2) is 11.8. The maximum Gasteiger partial charge on any atom is 0.255 e. The number of nitrogens with one attached hydrogen (secondary N) is 1. The Bertz CT molecular complexity index is 725. The molecule has 2 rings (SSSR count). The first-order chi connectivity index (χ1) is 14.4. The van der Waals surface area contributed by atoms with Crippen molar-refractivity contribution < 1.29 is 24.2 Å². The number of hydrogen-bond acceptors (Lipinski definition) is 6. The maximum atomic E-state index is 12.8. The number of hydrogen-bond donors (Lipinski definition) is 3. The van der Waals surface area contributed by atoms with Crippen molar-refractivity contribution in [1.82, 2.24) is 10.2 Å². The third kappa shape index (κ3) is 6.60. The molecular formula is C22H35N3O5. The van der Waals surface area contributed by atoms with Crippen LogP contribution in [0.25, 0.3) is 0 Å². The van der Waals surface area contributed by atoms with E-state index in [0.29, 0.717) is 49.6 Å². The van der Waals surface area contributed by atoms with E-state index in [1.165, 1.54) is 0 Å². The monoisotopic (exact) mass is 421 g/mol. The fourth-order valence-electron chi connectivity index (χ4n) is 3.75. The number of aliphatic hydroxyl groups is 1. The van der Waals surface area contributed by atoms with Crippen LogP contribution in [0.5, 0.6) is 11.5 Å². The highest BCUT2D eigenvalue weighted by Crippen LogP contribution is 2.32. The summed E-state index contributed by atoms with van der Waals surface area (Å²) in [6, 6.07) is 3.48. The van der Waals surface area contributed by atoms with E-state index in [1.54, 1.807) is 19.2 Å². The number of methoxy groups -OCH3 is 1. The van der Waals surface area contributed by atoms with Gasteiger partial charge in [-0.15, -0.1) is 0 Å². The minimum absolute atomic E-state index is 0.0132. The van der Waals surface area contributed by atoms with Gasteiger partial charge in [0.1, 0.15) is 11.5 Å². The van der Waals surface area contributed by atoms with Crippen molar-refractivity contribution in [3.63, 3.8) is 0 Å². The number of nitrogens with zero attached hydrogens (tertiary/aromatic N) is 1. The first kappa shape index (κ1) is 24.0. The summed E-state index contributed by atoms with van der Waals surface area (Å²) in [6.07, 6.45) is 2.14. The van der Waals surface area contributed by atoms with Gasteiger partial charge in [-0.1, -0.05) is 6.92 Å². The van der Waals surface area contributed by atoms with Gasteiger partial charge in [-0.3, -0.25) is 9.59 Å². The molecule has 0 unspecified atom stereocenters. The Balaban J connectivity index is 1.93. The van der Waals surface area contributed by atoms with Crippen LogP contribution < -0.4 is 20.5 Å². The van der Waals surface area contributed by atoms with Crippen LogP contribution >= 0.6 is 0 Å².